The van der Waals surface area contributed by atoms with Gasteiger partial charge in [0.05, 0.1) is 28.0 Å². The van der Waals surface area contributed by atoms with Crippen molar-refractivity contribution in [2.75, 3.05) is 5.01 Å². The first-order valence-corrected chi connectivity index (χ1v) is 10.0. The van der Waals surface area contributed by atoms with Gasteiger partial charge in [0.2, 0.25) is 0 Å². The van der Waals surface area contributed by atoms with Crippen LogP contribution < -0.4 is 5.01 Å². The SMILES string of the molecule is FC(F)(F)c1ccc(Cl)c(N2N=C(c3ccccc3)C[C@H]2c2ccc(Br)cc2)c1. The zero-order chi connectivity index (χ0) is 20.6. The van der Waals surface area contributed by atoms with Gasteiger partial charge in [-0.05, 0) is 41.5 Å². The van der Waals surface area contributed by atoms with Crippen molar-refractivity contribution in [3.8, 4) is 0 Å². The van der Waals surface area contributed by atoms with Crippen LogP contribution >= 0.6 is 27.5 Å². The summed E-state index contributed by atoms with van der Waals surface area (Å²) in [5.74, 6) is 0. The summed E-state index contributed by atoms with van der Waals surface area (Å²) in [5, 5.41) is 6.50. The number of nitrogens with zero attached hydrogens (tertiary/aromatic N) is 2. The lowest BCUT2D eigenvalue weighted by atomic mass is 9.98. The summed E-state index contributed by atoms with van der Waals surface area (Å²) >= 11 is 9.73. The number of rotatable bonds is 3. The van der Waals surface area contributed by atoms with Gasteiger partial charge in [-0.1, -0.05) is 70.0 Å². The smallest absolute Gasteiger partial charge is 0.256 e. The van der Waals surface area contributed by atoms with Crippen molar-refractivity contribution >= 4 is 38.9 Å². The van der Waals surface area contributed by atoms with E-state index in [0.29, 0.717) is 6.42 Å². The second kappa shape index (κ2) is 7.84. The van der Waals surface area contributed by atoms with Gasteiger partial charge >= 0.3 is 6.18 Å². The molecule has 0 bridgehead atoms. The van der Waals surface area contributed by atoms with Crippen molar-refractivity contribution in [3.63, 3.8) is 0 Å². The van der Waals surface area contributed by atoms with Crippen LogP contribution in [0.15, 0.2) is 82.4 Å². The van der Waals surface area contributed by atoms with Crippen LogP contribution in [0, 0.1) is 0 Å². The summed E-state index contributed by atoms with van der Waals surface area (Å²) < 4.78 is 40.8. The van der Waals surface area contributed by atoms with Crippen molar-refractivity contribution in [1.29, 1.82) is 0 Å². The summed E-state index contributed by atoms with van der Waals surface area (Å²) in [6, 6.07) is 20.3. The average molecular weight is 480 g/mol. The molecule has 2 nitrogen and oxygen atoms in total. The molecule has 1 heterocycles. The third-order valence-electron chi connectivity index (χ3n) is 4.79. The third kappa shape index (κ3) is 4.19. The Hall–Kier alpha value is -2.31. The van der Waals surface area contributed by atoms with E-state index in [2.05, 4.69) is 21.0 Å². The maximum absolute atomic E-state index is 13.3. The highest BCUT2D eigenvalue weighted by Crippen LogP contribution is 2.42. The van der Waals surface area contributed by atoms with E-state index < -0.39 is 11.7 Å². The van der Waals surface area contributed by atoms with E-state index in [0.717, 1.165) is 33.4 Å². The van der Waals surface area contributed by atoms with Crippen LogP contribution in [0.1, 0.15) is 29.2 Å². The molecule has 0 fully saturated rings. The Morgan fingerprint density at radius 2 is 1.66 bits per heavy atom. The lowest BCUT2D eigenvalue weighted by Gasteiger charge is -2.25. The van der Waals surface area contributed by atoms with Crippen LogP contribution in [0.2, 0.25) is 5.02 Å². The molecule has 0 saturated heterocycles. The largest absolute Gasteiger partial charge is 0.416 e. The molecule has 0 saturated carbocycles. The van der Waals surface area contributed by atoms with Gasteiger partial charge in [-0.3, -0.25) is 5.01 Å². The Labute approximate surface area is 179 Å². The second-order valence-electron chi connectivity index (χ2n) is 6.69. The van der Waals surface area contributed by atoms with Crippen LogP contribution in [0.25, 0.3) is 0 Å². The van der Waals surface area contributed by atoms with Crippen LogP contribution in [0.3, 0.4) is 0 Å². The zero-order valence-electron chi connectivity index (χ0n) is 15.0. The molecule has 148 valence electrons. The minimum absolute atomic E-state index is 0.221. The van der Waals surface area contributed by atoms with E-state index in [1.54, 1.807) is 5.01 Å². The first kappa shape index (κ1) is 20.0. The summed E-state index contributed by atoms with van der Waals surface area (Å²) in [6.07, 6.45) is -3.91. The van der Waals surface area contributed by atoms with Gasteiger partial charge in [-0.15, -0.1) is 0 Å². The molecule has 29 heavy (non-hydrogen) atoms. The van der Waals surface area contributed by atoms with Crippen LogP contribution in [-0.2, 0) is 6.18 Å². The van der Waals surface area contributed by atoms with E-state index in [1.807, 2.05) is 54.6 Å². The fourth-order valence-electron chi connectivity index (χ4n) is 3.35. The molecular weight excluding hydrogens is 465 g/mol. The van der Waals surface area contributed by atoms with Gasteiger partial charge in [0, 0.05) is 10.9 Å². The molecule has 0 unspecified atom stereocenters. The highest BCUT2D eigenvalue weighted by molar-refractivity contribution is 9.10. The standard InChI is InChI=1S/C22H15BrClF3N2/c23-17-9-6-15(7-10-17)20-13-19(14-4-2-1-3-5-14)28-29(20)21-12-16(22(25,26)27)8-11-18(21)24/h1-12,20H,13H2/t20-/m0/s1. The number of alkyl halides is 3. The van der Waals surface area contributed by atoms with Gasteiger partial charge in [-0.25, -0.2) is 0 Å². The Balaban J connectivity index is 1.82. The minimum atomic E-state index is -4.46. The summed E-state index contributed by atoms with van der Waals surface area (Å²) in [5.41, 5.74) is 2.15. The number of hydrazone groups is 1. The van der Waals surface area contributed by atoms with Gasteiger partial charge < -0.3 is 0 Å². The first-order valence-electron chi connectivity index (χ1n) is 8.87. The molecule has 1 aliphatic rings. The second-order valence-corrected chi connectivity index (χ2v) is 8.02. The third-order valence-corrected chi connectivity index (χ3v) is 5.64. The maximum Gasteiger partial charge on any atom is 0.416 e. The normalized spacial score (nSPS) is 16.8. The van der Waals surface area contributed by atoms with E-state index in [9.17, 15) is 13.2 Å². The van der Waals surface area contributed by atoms with E-state index in [-0.39, 0.29) is 16.8 Å². The number of benzene rings is 3. The molecule has 1 atom stereocenters. The Kier molecular flexibility index (Phi) is 5.40. The molecule has 0 amide bonds. The summed E-state index contributed by atoms with van der Waals surface area (Å²) in [6.45, 7) is 0. The van der Waals surface area contributed by atoms with E-state index in [1.165, 1.54) is 6.07 Å². The highest BCUT2D eigenvalue weighted by atomic mass is 79.9. The summed E-state index contributed by atoms with van der Waals surface area (Å²) in [4.78, 5) is 0. The Morgan fingerprint density at radius 1 is 0.966 bits per heavy atom. The van der Waals surface area contributed by atoms with Crippen molar-refractivity contribution in [3.05, 3.63) is 99.0 Å². The molecule has 0 aromatic heterocycles. The van der Waals surface area contributed by atoms with Gasteiger partial charge in [0.15, 0.2) is 0 Å². The fraction of sp³-hybridized carbons (Fsp3) is 0.136. The quantitative estimate of drug-likeness (QED) is 0.380. The molecule has 7 heteroatoms. The van der Waals surface area contributed by atoms with Gasteiger partial charge in [0.1, 0.15) is 0 Å². The van der Waals surface area contributed by atoms with Crippen LogP contribution in [0.4, 0.5) is 18.9 Å². The van der Waals surface area contributed by atoms with Crippen LogP contribution in [-0.4, -0.2) is 5.71 Å². The average Bonchev–Trinajstić information content (AvgIpc) is 3.14. The molecule has 3 aromatic rings. The Bertz CT molecular complexity index is 1050. The van der Waals surface area contributed by atoms with E-state index >= 15 is 0 Å². The van der Waals surface area contributed by atoms with Crippen molar-refractivity contribution < 1.29 is 13.2 Å². The number of halogens is 5. The molecule has 0 N–H and O–H groups in total. The summed E-state index contributed by atoms with van der Waals surface area (Å²) in [7, 11) is 0. The predicted octanol–water partition coefficient (Wildman–Crippen LogP) is 7.48. The van der Waals surface area contributed by atoms with Crippen molar-refractivity contribution in [2.45, 2.75) is 18.6 Å². The van der Waals surface area contributed by atoms with Gasteiger partial charge in [-0.2, -0.15) is 18.3 Å². The topological polar surface area (TPSA) is 15.6 Å². The molecule has 4 rings (SSSR count). The van der Waals surface area contributed by atoms with Gasteiger partial charge in [0.25, 0.3) is 0 Å². The van der Waals surface area contributed by atoms with Crippen molar-refractivity contribution in [1.82, 2.24) is 0 Å². The maximum atomic E-state index is 13.3. The first-order chi connectivity index (χ1) is 13.8. The zero-order valence-corrected chi connectivity index (χ0v) is 17.3. The fourth-order valence-corrected chi connectivity index (χ4v) is 3.82. The lowest BCUT2D eigenvalue weighted by Crippen LogP contribution is -2.19. The number of anilines is 1. The lowest BCUT2D eigenvalue weighted by molar-refractivity contribution is -0.137. The van der Waals surface area contributed by atoms with Crippen LogP contribution in [0.5, 0.6) is 0 Å². The molecular formula is C22H15BrClF3N2. The number of hydrogen-bond donors (Lipinski definition) is 0. The van der Waals surface area contributed by atoms with E-state index in [4.69, 9.17) is 11.6 Å². The van der Waals surface area contributed by atoms with Crippen molar-refractivity contribution in [2.24, 2.45) is 5.10 Å². The molecule has 1 aliphatic heterocycles. The molecule has 3 aromatic carbocycles. The monoisotopic (exact) mass is 478 g/mol. The predicted molar refractivity (Wildman–Crippen MR) is 113 cm³/mol. The minimum Gasteiger partial charge on any atom is -0.256 e. The molecule has 0 aliphatic carbocycles. The molecule has 0 radical (unpaired) electrons. The number of hydrogen-bond acceptors (Lipinski definition) is 2. The Morgan fingerprint density at radius 3 is 2.31 bits per heavy atom. The highest BCUT2D eigenvalue weighted by Gasteiger charge is 2.35. The molecule has 0 spiro atoms.